The van der Waals surface area contributed by atoms with Crippen molar-refractivity contribution in [3.63, 3.8) is 0 Å². The summed E-state index contributed by atoms with van der Waals surface area (Å²) in [7, 11) is 0. The van der Waals surface area contributed by atoms with Gasteiger partial charge in [-0.1, -0.05) is 18.2 Å². The van der Waals surface area contributed by atoms with Crippen LogP contribution in [0, 0.1) is 0 Å². The maximum absolute atomic E-state index is 10.6. The summed E-state index contributed by atoms with van der Waals surface area (Å²) >= 11 is 0. The Kier molecular flexibility index (Phi) is 7.87. The number of allylic oxidation sites excluding steroid dienone is 6. The molecule has 9 rings (SSSR count). The van der Waals surface area contributed by atoms with E-state index in [0.29, 0.717) is 5.56 Å². The van der Waals surface area contributed by atoms with Gasteiger partial charge in [-0.2, -0.15) is 0 Å². The zero-order valence-corrected chi connectivity index (χ0v) is 28.4. The smallest absolute Gasteiger partial charge is 0.119 e. The fourth-order valence-corrected chi connectivity index (χ4v) is 8.46. The zero-order valence-electron chi connectivity index (χ0n) is 28.4. The minimum atomic E-state index is 0.00462. The van der Waals surface area contributed by atoms with Gasteiger partial charge in [0, 0.05) is 50.4 Å². The van der Waals surface area contributed by atoms with Gasteiger partial charge in [-0.05, 0) is 160 Å². The first kappa shape index (κ1) is 30.7. The number of fused-ring (bicyclic) bond motifs is 8. The van der Waals surface area contributed by atoms with Gasteiger partial charge in [0.15, 0.2) is 0 Å². The van der Waals surface area contributed by atoms with Crippen LogP contribution >= 0.6 is 0 Å². The first-order valence-electron chi connectivity index (χ1n) is 18.4. The molecule has 5 heterocycles. The first-order chi connectivity index (χ1) is 24.6. The summed E-state index contributed by atoms with van der Waals surface area (Å²) in [5.41, 5.74) is 16.7. The Morgan fingerprint density at radius 2 is 0.800 bits per heavy atom. The monoisotopic (exact) mass is 658 g/mol. The third-order valence-corrected chi connectivity index (χ3v) is 10.8. The molecule has 5 aliphatic rings. The quantitative estimate of drug-likeness (QED) is 0.151. The predicted octanol–water partition coefficient (Wildman–Crippen LogP) is 11.6. The van der Waals surface area contributed by atoms with Crippen molar-refractivity contribution >= 4 is 63.1 Å². The van der Waals surface area contributed by atoms with Gasteiger partial charge < -0.3 is 20.2 Å². The van der Waals surface area contributed by atoms with E-state index in [2.05, 4.69) is 76.8 Å². The molecular weight excluding hydrogens is 617 g/mol. The van der Waals surface area contributed by atoms with Crippen molar-refractivity contribution in [1.82, 2.24) is 19.9 Å². The molecule has 4 aromatic rings. The molecule has 0 saturated carbocycles. The number of rotatable bonds is 4. The van der Waals surface area contributed by atoms with Crippen LogP contribution in [0.2, 0.25) is 0 Å². The second kappa shape index (κ2) is 12.8. The lowest BCUT2D eigenvalue weighted by Gasteiger charge is -2.15. The highest BCUT2D eigenvalue weighted by Crippen LogP contribution is 2.40. The third-order valence-electron chi connectivity index (χ3n) is 10.8. The second-order valence-corrected chi connectivity index (χ2v) is 14.2. The van der Waals surface area contributed by atoms with Crippen molar-refractivity contribution in [2.45, 2.75) is 77.0 Å². The van der Waals surface area contributed by atoms with Crippen LogP contribution in [0.5, 0.6) is 11.5 Å². The molecule has 0 atom stereocenters. The zero-order chi connectivity index (χ0) is 33.6. The average Bonchev–Trinajstić information content (AvgIpc) is 3.97. The topological polar surface area (TPSA) is 97.8 Å². The van der Waals surface area contributed by atoms with E-state index >= 15 is 0 Å². The number of hydrogen-bond donors (Lipinski definition) is 4. The molecule has 2 aliphatic heterocycles. The van der Waals surface area contributed by atoms with Crippen molar-refractivity contribution in [2.24, 2.45) is 0 Å². The number of phenols is 2. The van der Waals surface area contributed by atoms with E-state index in [1.807, 2.05) is 0 Å². The predicted molar refractivity (Wildman–Crippen MR) is 207 cm³/mol. The number of H-pyrrole nitrogens is 2. The van der Waals surface area contributed by atoms with Gasteiger partial charge in [0.2, 0.25) is 0 Å². The van der Waals surface area contributed by atoms with Crippen molar-refractivity contribution in [2.75, 3.05) is 0 Å². The SMILES string of the molecule is Oc1cc(O)cc(-c2c3nc(c(C4=CCCCC4)c4ccc([nH]4)c(C4=CCCCC4)c4nc(c(C5=CCCCC5)c5ccc2[nH]5)C=C4)C=C3)c1. The normalized spacial score (nSPS) is 17.4. The van der Waals surface area contributed by atoms with Crippen LogP contribution in [-0.2, 0) is 0 Å². The molecule has 0 fully saturated rings. The summed E-state index contributed by atoms with van der Waals surface area (Å²) in [5, 5.41) is 21.2. The molecule has 6 heteroatoms. The highest BCUT2D eigenvalue weighted by Gasteiger charge is 2.22. The van der Waals surface area contributed by atoms with Gasteiger partial charge in [0.1, 0.15) is 11.5 Å². The number of nitrogens with one attached hydrogen (secondary N) is 2. The summed E-state index contributed by atoms with van der Waals surface area (Å²) in [4.78, 5) is 18.4. The Morgan fingerprint density at radius 1 is 0.440 bits per heavy atom. The third kappa shape index (κ3) is 5.63. The molecule has 0 spiro atoms. The lowest BCUT2D eigenvalue weighted by molar-refractivity contribution is 0.451. The van der Waals surface area contributed by atoms with Crippen LogP contribution in [-0.4, -0.2) is 30.1 Å². The van der Waals surface area contributed by atoms with E-state index in [0.717, 1.165) is 113 Å². The molecule has 250 valence electrons. The average molecular weight is 659 g/mol. The molecule has 1 aromatic carbocycles. The van der Waals surface area contributed by atoms with Crippen molar-refractivity contribution in [3.8, 4) is 22.6 Å². The van der Waals surface area contributed by atoms with E-state index in [1.54, 1.807) is 12.1 Å². The number of benzene rings is 1. The van der Waals surface area contributed by atoms with Gasteiger partial charge in [-0.3, -0.25) is 0 Å². The van der Waals surface area contributed by atoms with Crippen molar-refractivity contribution in [3.05, 3.63) is 100 Å². The Balaban J connectivity index is 1.45. The fourth-order valence-electron chi connectivity index (χ4n) is 8.46. The molecule has 6 nitrogen and oxygen atoms in total. The molecule has 0 radical (unpaired) electrons. The molecular formula is C44H42N4O2. The Hall–Kier alpha value is -5.36. The van der Waals surface area contributed by atoms with E-state index in [9.17, 15) is 10.2 Å². The van der Waals surface area contributed by atoms with Crippen LogP contribution in [0.1, 0.15) is 117 Å². The van der Waals surface area contributed by atoms with Crippen LogP contribution in [0.25, 0.3) is 74.2 Å². The molecule has 3 aromatic heterocycles. The number of aromatic nitrogens is 4. The number of phenolic OH excluding ortho intramolecular Hbond substituents is 2. The summed E-state index contributed by atoms with van der Waals surface area (Å²) in [6.45, 7) is 0. The minimum Gasteiger partial charge on any atom is -0.508 e. The number of aromatic hydroxyl groups is 2. The Bertz CT molecular complexity index is 2320. The number of nitrogens with zero attached hydrogens (tertiary/aromatic N) is 2. The number of aromatic amines is 2. The van der Waals surface area contributed by atoms with Gasteiger partial charge >= 0.3 is 0 Å². The van der Waals surface area contributed by atoms with E-state index in [-0.39, 0.29) is 11.5 Å². The highest BCUT2D eigenvalue weighted by molar-refractivity contribution is 5.97. The highest BCUT2D eigenvalue weighted by atomic mass is 16.3. The van der Waals surface area contributed by atoms with Crippen LogP contribution in [0.3, 0.4) is 0 Å². The van der Waals surface area contributed by atoms with Gasteiger partial charge in [0.05, 0.1) is 22.8 Å². The van der Waals surface area contributed by atoms with Crippen LogP contribution in [0.4, 0.5) is 0 Å². The van der Waals surface area contributed by atoms with E-state index < -0.39 is 0 Å². The van der Waals surface area contributed by atoms with Gasteiger partial charge in [-0.25, -0.2) is 9.97 Å². The molecule has 4 N–H and O–H groups in total. The largest absolute Gasteiger partial charge is 0.508 e. The second-order valence-electron chi connectivity index (χ2n) is 14.2. The maximum Gasteiger partial charge on any atom is 0.119 e. The molecule has 3 aliphatic carbocycles. The van der Waals surface area contributed by atoms with Crippen LogP contribution in [0.15, 0.2) is 60.7 Å². The summed E-state index contributed by atoms with van der Waals surface area (Å²) in [6.07, 6.45) is 29.2. The van der Waals surface area contributed by atoms with Gasteiger partial charge in [-0.15, -0.1) is 0 Å². The Labute approximate surface area is 292 Å². The lowest BCUT2D eigenvalue weighted by Crippen LogP contribution is -1.98. The lowest BCUT2D eigenvalue weighted by atomic mass is 9.92. The van der Waals surface area contributed by atoms with E-state index in [1.165, 1.54) is 54.0 Å². The summed E-state index contributed by atoms with van der Waals surface area (Å²) in [5.74, 6) is 0.00924. The molecule has 0 unspecified atom stereocenters. The molecule has 8 bridgehead atoms. The molecule has 50 heavy (non-hydrogen) atoms. The fraction of sp³-hybridized carbons (Fsp3) is 0.273. The summed E-state index contributed by atoms with van der Waals surface area (Å²) in [6, 6.07) is 13.5. The minimum absolute atomic E-state index is 0.00462. The van der Waals surface area contributed by atoms with Crippen molar-refractivity contribution in [1.29, 1.82) is 0 Å². The molecule has 0 saturated heterocycles. The van der Waals surface area contributed by atoms with E-state index in [4.69, 9.17) is 9.97 Å². The molecule has 0 amide bonds. The van der Waals surface area contributed by atoms with Gasteiger partial charge in [0.25, 0.3) is 0 Å². The van der Waals surface area contributed by atoms with Crippen LogP contribution < -0.4 is 0 Å². The standard InChI is InChI=1S/C44H42N4O2/c49-31-24-30(25-32(50)26-31)44-39-22-20-37(47-39)42(28-12-6-2-7-13-28)35-18-16-33(45-35)41(27-10-4-1-5-11-27)34-17-19-36(46-34)43(29-14-8-3-9-15-29)38-21-23-40(44)48-38/h10,12,14,16-26,45,48-50H,1-9,11,13,15H2. The summed E-state index contributed by atoms with van der Waals surface area (Å²) < 4.78 is 0. The maximum atomic E-state index is 10.6. The Morgan fingerprint density at radius 3 is 1.16 bits per heavy atom. The number of hydrogen-bond acceptors (Lipinski definition) is 4. The van der Waals surface area contributed by atoms with Crippen molar-refractivity contribution < 1.29 is 10.2 Å². The first-order valence-corrected chi connectivity index (χ1v) is 18.4.